The molecule has 64 valence electrons. The maximum Gasteiger partial charge on any atom is 0.319 e. The number of allylic oxidation sites excluding steroid dienone is 1. The Morgan fingerprint density at radius 3 is 2.55 bits per heavy atom. The third-order valence-electron chi connectivity index (χ3n) is 1.04. The maximum absolute atomic E-state index is 10.8. The quantitative estimate of drug-likeness (QED) is 0.415. The fourth-order valence-electron chi connectivity index (χ4n) is 0.405. The van der Waals surface area contributed by atoms with E-state index < -0.39 is 0 Å². The summed E-state index contributed by atoms with van der Waals surface area (Å²) in [6.07, 6.45) is 1.87. The smallest absolute Gasteiger partial charge is 0.319 e. The van der Waals surface area contributed by atoms with Crippen molar-refractivity contribution in [1.82, 2.24) is 0 Å². The second-order valence-electron chi connectivity index (χ2n) is 2.53. The third-order valence-corrected chi connectivity index (χ3v) is 1.42. The van der Waals surface area contributed by atoms with Gasteiger partial charge in [-0.2, -0.15) is 0 Å². The van der Waals surface area contributed by atoms with E-state index in [4.69, 9.17) is 4.74 Å². The lowest BCUT2D eigenvalue weighted by atomic mass is 10.3. The first-order valence-corrected chi connectivity index (χ1v) is 4.39. The highest BCUT2D eigenvalue weighted by Gasteiger charge is 2.07. The van der Waals surface area contributed by atoms with Crippen molar-refractivity contribution in [3.63, 3.8) is 0 Å². The number of rotatable bonds is 3. The molecule has 2 nitrogen and oxygen atoms in total. The number of halogens is 1. The zero-order valence-electron chi connectivity index (χ0n) is 7.06. The van der Waals surface area contributed by atoms with Crippen LogP contribution in [0.15, 0.2) is 11.6 Å². The Balaban J connectivity index is 3.56. The molecule has 0 saturated heterocycles. The topological polar surface area (TPSA) is 26.3 Å². The van der Waals surface area contributed by atoms with E-state index in [1.165, 1.54) is 0 Å². The summed E-state index contributed by atoms with van der Waals surface area (Å²) in [6.45, 7) is 6.04. The number of esters is 1. The van der Waals surface area contributed by atoms with Gasteiger partial charge in [-0.1, -0.05) is 21.5 Å². The first-order valence-electron chi connectivity index (χ1n) is 3.48. The minimum absolute atomic E-state index is 0.215. The van der Waals surface area contributed by atoms with E-state index in [-0.39, 0.29) is 10.8 Å². The molecule has 0 aromatic carbocycles. The van der Waals surface area contributed by atoms with Crippen LogP contribution in [-0.2, 0) is 9.53 Å². The highest BCUT2D eigenvalue weighted by atomic mass is 79.9. The van der Waals surface area contributed by atoms with Crippen LogP contribution < -0.4 is 0 Å². The van der Waals surface area contributed by atoms with Crippen molar-refractivity contribution in [2.24, 2.45) is 0 Å². The van der Waals surface area contributed by atoms with Crippen molar-refractivity contribution in [1.29, 1.82) is 0 Å². The molecule has 1 atom stereocenters. The summed E-state index contributed by atoms with van der Waals surface area (Å²) in [5.74, 6) is -0.220. The van der Waals surface area contributed by atoms with Crippen LogP contribution in [0.4, 0.5) is 0 Å². The Hall–Kier alpha value is -0.310. The fourth-order valence-corrected chi connectivity index (χ4v) is 0.537. The van der Waals surface area contributed by atoms with Crippen molar-refractivity contribution in [2.75, 3.05) is 6.61 Å². The van der Waals surface area contributed by atoms with Gasteiger partial charge in [-0.25, -0.2) is 0 Å². The van der Waals surface area contributed by atoms with Gasteiger partial charge in [0.1, 0.15) is 11.4 Å². The molecule has 0 heterocycles. The van der Waals surface area contributed by atoms with Gasteiger partial charge in [0.15, 0.2) is 0 Å². The van der Waals surface area contributed by atoms with E-state index in [1.54, 1.807) is 6.92 Å². The Bertz CT molecular complexity index is 157. The Kier molecular flexibility index (Phi) is 5.20. The number of carbonyl (C=O) groups is 1. The Labute approximate surface area is 75.7 Å². The summed E-state index contributed by atoms with van der Waals surface area (Å²) >= 11 is 3.11. The van der Waals surface area contributed by atoms with Gasteiger partial charge in [0.25, 0.3) is 0 Å². The van der Waals surface area contributed by atoms with E-state index in [0.717, 1.165) is 5.57 Å². The Morgan fingerprint density at radius 1 is 1.64 bits per heavy atom. The molecule has 1 unspecified atom stereocenters. The summed E-state index contributed by atoms with van der Waals surface area (Å²) in [4.78, 5) is 10.6. The largest absolute Gasteiger partial charge is 0.461 e. The van der Waals surface area contributed by atoms with Crippen LogP contribution in [0.5, 0.6) is 0 Å². The van der Waals surface area contributed by atoms with E-state index in [0.29, 0.717) is 6.61 Å². The van der Waals surface area contributed by atoms with Gasteiger partial charge in [-0.15, -0.1) is 0 Å². The second-order valence-corrected chi connectivity index (χ2v) is 3.90. The number of carbonyl (C=O) groups excluding carboxylic acids is 1. The van der Waals surface area contributed by atoms with Crippen molar-refractivity contribution in [3.05, 3.63) is 11.6 Å². The first kappa shape index (κ1) is 10.7. The summed E-state index contributed by atoms with van der Waals surface area (Å²) < 4.78 is 4.85. The van der Waals surface area contributed by atoms with Crippen molar-refractivity contribution in [3.8, 4) is 0 Å². The van der Waals surface area contributed by atoms with Gasteiger partial charge in [-0.05, 0) is 26.8 Å². The maximum atomic E-state index is 10.8. The predicted octanol–water partition coefficient (Wildman–Crippen LogP) is 2.28. The van der Waals surface area contributed by atoms with Gasteiger partial charge < -0.3 is 4.74 Å². The molecule has 0 spiro atoms. The van der Waals surface area contributed by atoms with Gasteiger partial charge >= 0.3 is 5.97 Å². The van der Waals surface area contributed by atoms with Crippen LogP contribution in [-0.4, -0.2) is 17.4 Å². The SMILES string of the molecule is CC(C)=CCOC(=O)C(C)Br. The fraction of sp³-hybridized carbons (Fsp3) is 0.625. The molecule has 0 aliphatic heterocycles. The minimum atomic E-state index is -0.220. The average molecular weight is 221 g/mol. The molecule has 11 heavy (non-hydrogen) atoms. The minimum Gasteiger partial charge on any atom is -0.461 e. The van der Waals surface area contributed by atoms with Crippen molar-refractivity contribution >= 4 is 21.9 Å². The van der Waals surface area contributed by atoms with Crippen LogP contribution in [0.3, 0.4) is 0 Å². The Morgan fingerprint density at radius 2 is 2.18 bits per heavy atom. The van der Waals surface area contributed by atoms with Crippen LogP contribution in [0.2, 0.25) is 0 Å². The molecule has 0 bridgehead atoms. The number of alkyl halides is 1. The molecule has 0 fully saturated rings. The first-order chi connectivity index (χ1) is 5.04. The van der Waals surface area contributed by atoms with E-state index in [1.807, 2.05) is 19.9 Å². The molecule has 0 aromatic heterocycles. The van der Waals surface area contributed by atoms with E-state index >= 15 is 0 Å². The van der Waals surface area contributed by atoms with Gasteiger partial charge in [0.05, 0.1) is 0 Å². The van der Waals surface area contributed by atoms with Crippen molar-refractivity contribution < 1.29 is 9.53 Å². The van der Waals surface area contributed by atoms with Gasteiger partial charge in [0, 0.05) is 0 Å². The van der Waals surface area contributed by atoms with Crippen LogP contribution >= 0.6 is 15.9 Å². The highest BCUT2D eigenvalue weighted by Crippen LogP contribution is 2.00. The van der Waals surface area contributed by atoms with Gasteiger partial charge in [0.2, 0.25) is 0 Å². The van der Waals surface area contributed by atoms with Crippen molar-refractivity contribution in [2.45, 2.75) is 25.6 Å². The van der Waals surface area contributed by atoms with E-state index in [9.17, 15) is 4.79 Å². The molecule has 0 saturated carbocycles. The van der Waals surface area contributed by atoms with E-state index in [2.05, 4.69) is 15.9 Å². The normalized spacial score (nSPS) is 12.0. The summed E-state index contributed by atoms with van der Waals surface area (Å²) in [5.41, 5.74) is 1.15. The lowest BCUT2D eigenvalue weighted by Crippen LogP contribution is -2.13. The second kappa shape index (κ2) is 5.35. The molecule has 0 N–H and O–H groups in total. The molecule has 0 radical (unpaired) electrons. The van der Waals surface area contributed by atoms with Crippen LogP contribution in [0.1, 0.15) is 20.8 Å². The monoisotopic (exact) mass is 220 g/mol. The van der Waals surface area contributed by atoms with Crippen LogP contribution in [0.25, 0.3) is 0 Å². The molecule has 3 heteroatoms. The standard InChI is InChI=1S/C8H13BrO2/c1-6(2)4-5-11-8(10)7(3)9/h4,7H,5H2,1-3H3. The molecule has 0 aliphatic rings. The summed E-state index contributed by atoms with van der Waals surface area (Å²) in [7, 11) is 0. The third kappa shape index (κ3) is 6.10. The number of hydrogen-bond donors (Lipinski definition) is 0. The molecular weight excluding hydrogens is 208 g/mol. The number of ether oxygens (including phenoxy) is 1. The summed E-state index contributed by atoms with van der Waals surface area (Å²) in [6, 6.07) is 0. The molecule has 0 aromatic rings. The lowest BCUT2D eigenvalue weighted by Gasteiger charge is -2.02. The molecule has 0 aliphatic carbocycles. The zero-order chi connectivity index (χ0) is 8.85. The molecule has 0 amide bonds. The highest BCUT2D eigenvalue weighted by molar-refractivity contribution is 9.10. The zero-order valence-corrected chi connectivity index (χ0v) is 8.64. The predicted molar refractivity (Wildman–Crippen MR) is 48.8 cm³/mol. The lowest BCUT2D eigenvalue weighted by molar-refractivity contribution is -0.141. The summed E-state index contributed by atoms with van der Waals surface area (Å²) in [5, 5.41) is 0. The van der Waals surface area contributed by atoms with Gasteiger partial charge in [-0.3, -0.25) is 4.79 Å². The molecule has 0 rings (SSSR count). The number of hydrogen-bond acceptors (Lipinski definition) is 2. The van der Waals surface area contributed by atoms with Crippen LogP contribution in [0, 0.1) is 0 Å². The average Bonchev–Trinajstić information content (AvgIpc) is 1.86. The molecular formula is C8H13BrO2.